The van der Waals surface area contributed by atoms with Crippen LogP contribution >= 0.6 is 15.9 Å². The molecule has 7 nitrogen and oxygen atoms in total. The Morgan fingerprint density at radius 1 is 1.03 bits per heavy atom. The van der Waals surface area contributed by atoms with E-state index in [1.807, 2.05) is 25.1 Å². The summed E-state index contributed by atoms with van der Waals surface area (Å²) in [6.45, 7) is 3.78. The molecule has 3 aromatic rings. The summed E-state index contributed by atoms with van der Waals surface area (Å²) in [7, 11) is 1.69. The van der Waals surface area contributed by atoms with Gasteiger partial charge in [0.1, 0.15) is 11.6 Å². The number of hydrogen-bond acceptors (Lipinski definition) is 4. The molecular weight excluding hydrogens is 465 g/mol. The SMILES string of the molecule is Cc1cc(NC(=O)CN(C)CC(=O)Nc2ccc(Br)cc2C)n(-c2ccc(F)cc2)n1. The van der Waals surface area contributed by atoms with Gasteiger partial charge in [-0.3, -0.25) is 14.5 Å². The molecule has 0 spiro atoms. The first-order valence-electron chi connectivity index (χ1n) is 9.58. The second kappa shape index (κ2) is 9.84. The molecule has 2 N–H and O–H groups in total. The van der Waals surface area contributed by atoms with Crippen LogP contribution in [0.15, 0.2) is 53.0 Å². The second-order valence-corrected chi connectivity index (χ2v) is 8.20. The van der Waals surface area contributed by atoms with Crippen LogP contribution in [-0.4, -0.2) is 46.6 Å². The highest BCUT2D eigenvalue weighted by molar-refractivity contribution is 9.10. The zero-order valence-electron chi connectivity index (χ0n) is 17.4. The van der Waals surface area contributed by atoms with Crippen LogP contribution < -0.4 is 10.6 Å². The Hall–Kier alpha value is -3.04. The first-order chi connectivity index (χ1) is 14.7. The van der Waals surface area contributed by atoms with Crippen molar-refractivity contribution in [3.63, 3.8) is 0 Å². The number of halogens is 2. The van der Waals surface area contributed by atoms with Crippen molar-refractivity contribution in [2.45, 2.75) is 13.8 Å². The minimum atomic E-state index is -0.351. The third-order valence-electron chi connectivity index (χ3n) is 4.46. The zero-order chi connectivity index (χ0) is 22.5. The van der Waals surface area contributed by atoms with Gasteiger partial charge in [0.2, 0.25) is 11.8 Å². The quantitative estimate of drug-likeness (QED) is 0.529. The minimum Gasteiger partial charge on any atom is -0.325 e. The highest BCUT2D eigenvalue weighted by Crippen LogP contribution is 2.20. The van der Waals surface area contributed by atoms with Gasteiger partial charge in [-0.25, -0.2) is 9.07 Å². The fourth-order valence-corrected chi connectivity index (χ4v) is 3.53. The van der Waals surface area contributed by atoms with Crippen LogP contribution in [0.3, 0.4) is 0 Å². The van der Waals surface area contributed by atoms with Crippen molar-refractivity contribution >= 4 is 39.2 Å². The van der Waals surface area contributed by atoms with Crippen LogP contribution in [-0.2, 0) is 9.59 Å². The van der Waals surface area contributed by atoms with Crippen molar-refractivity contribution in [3.05, 3.63) is 70.1 Å². The Bertz CT molecular complexity index is 1100. The number of anilines is 2. The van der Waals surface area contributed by atoms with Crippen molar-refractivity contribution in [2.24, 2.45) is 0 Å². The molecular formula is C22H23BrFN5O2. The van der Waals surface area contributed by atoms with E-state index in [1.54, 1.807) is 37.1 Å². The maximum Gasteiger partial charge on any atom is 0.239 e. The third-order valence-corrected chi connectivity index (χ3v) is 4.95. The van der Waals surface area contributed by atoms with Gasteiger partial charge < -0.3 is 10.6 Å². The molecule has 31 heavy (non-hydrogen) atoms. The summed E-state index contributed by atoms with van der Waals surface area (Å²) < 4.78 is 15.7. The lowest BCUT2D eigenvalue weighted by Gasteiger charge is -2.17. The van der Waals surface area contributed by atoms with E-state index >= 15 is 0 Å². The first kappa shape index (κ1) is 22.6. The maximum atomic E-state index is 13.2. The molecule has 0 atom stereocenters. The summed E-state index contributed by atoms with van der Waals surface area (Å²) in [4.78, 5) is 26.5. The van der Waals surface area contributed by atoms with Crippen molar-refractivity contribution < 1.29 is 14.0 Å². The first-order valence-corrected chi connectivity index (χ1v) is 10.4. The van der Waals surface area contributed by atoms with Gasteiger partial charge in [-0.15, -0.1) is 0 Å². The number of aromatic nitrogens is 2. The Kier molecular flexibility index (Phi) is 7.19. The predicted octanol–water partition coefficient (Wildman–Crippen LogP) is 3.90. The van der Waals surface area contributed by atoms with Crippen LogP contribution in [0, 0.1) is 19.7 Å². The number of carbonyl (C=O) groups excluding carboxylic acids is 2. The number of nitrogens with one attached hydrogen (secondary N) is 2. The highest BCUT2D eigenvalue weighted by atomic mass is 79.9. The van der Waals surface area contributed by atoms with Gasteiger partial charge in [-0.2, -0.15) is 5.10 Å². The fourth-order valence-electron chi connectivity index (χ4n) is 3.05. The molecule has 1 heterocycles. The second-order valence-electron chi connectivity index (χ2n) is 7.29. The van der Waals surface area contributed by atoms with Gasteiger partial charge in [0.25, 0.3) is 0 Å². The minimum absolute atomic E-state index is 0.0143. The van der Waals surface area contributed by atoms with E-state index in [1.165, 1.54) is 16.8 Å². The average molecular weight is 488 g/mol. The molecule has 9 heteroatoms. The van der Waals surface area contributed by atoms with Crippen molar-refractivity contribution in [2.75, 3.05) is 30.8 Å². The molecule has 0 radical (unpaired) electrons. The Morgan fingerprint density at radius 3 is 2.32 bits per heavy atom. The number of aryl methyl sites for hydroxylation is 2. The van der Waals surface area contributed by atoms with Gasteiger partial charge in [0, 0.05) is 16.2 Å². The van der Waals surface area contributed by atoms with E-state index < -0.39 is 0 Å². The molecule has 0 saturated heterocycles. The Morgan fingerprint density at radius 2 is 1.68 bits per heavy atom. The molecule has 0 aliphatic carbocycles. The summed E-state index contributed by atoms with van der Waals surface area (Å²) in [6, 6.07) is 13.1. The zero-order valence-corrected chi connectivity index (χ0v) is 19.0. The Balaban J connectivity index is 1.58. The van der Waals surface area contributed by atoms with Crippen LogP contribution in [0.1, 0.15) is 11.3 Å². The molecule has 0 aliphatic heterocycles. The Labute approximate surface area is 188 Å². The van der Waals surface area contributed by atoms with Crippen LogP contribution in [0.5, 0.6) is 0 Å². The lowest BCUT2D eigenvalue weighted by Crippen LogP contribution is -2.36. The lowest BCUT2D eigenvalue weighted by atomic mass is 10.2. The van der Waals surface area contributed by atoms with E-state index in [-0.39, 0.29) is 30.7 Å². The number of amides is 2. The average Bonchev–Trinajstić information content (AvgIpc) is 3.04. The fraction of sp³-hybridized carbons (Fsp3) is 0.227. The number of hydrogen-bond donors (Lipinski definition) is 2. The van der Waals surface area contributed by atoms with Crippen LogP contribution in [0.2, 0.25) is 0 Å². The van der Waals surface area contributed by atoms with Gasteiger partial charge in [0.15, 0.2) is 0 Å². The lowest BCUT2D eigenvalue weighted by molar-refractivity contribution is -0.119. The molecule has 0 saturated carbocycles. The van der Waals surface area contributed by atoms with E-state index in [4.69, 9.17) is 0 Å². The molecule has 0 unspecified atom stereocenters. The van der Waals surface area contributed by atoms with E-state index in [9.17, 15) is 14.0 Å². The summed E-state index contributed by atoms with van der Waals surface area (Å²) in [5.41, 5.74) is 3.00. The number of carbonyl (C=O) groups is 2. The topological polar surface area (TPSA) is 79.3 Å². The molecule has 2 amide bonds. The maximum absolute atomic E-state index is 13.2. The summed E-state index contributed by atoms with van der Waals surface area (Å²) in [5, 5.41) is 10.0. The van der Waals surface area contributed by atoms with Gasteiger partial charge >= 0.3 is 0 Å². The highest BCUT2D eigenvalue weighted by Gasteiger charge is 2.15. The van der Waals surface area contributed by atoms with Crippen molar-refractivity contribution in [1.29, 1.82) is 0 Å². The van der Waals surface area contributed by atoms with Gasteiger partial charge in [0.05, 0.1) is 24.5 Å². The summed E-state index contributed by atoms with van der Waals surface area (Å²) >= 11 is 3.39. The molecule has 0 fully saturated rings. The summed E-state index contributed by atoms with van der Waals surface area (Å²) in [6.07, 6.45) is 0. The predicted molar refractivity (Wildman–Crippen MR) is 122 cm³/mol. The molecule has 2 aromatic carbocycles. The van der Waals surface area contributed by atoms with Crippen molar-refractivity contribution in [1.82, 2.24) is 14.7 Å². The molecule has 162 valence electrons. The molecule has 0 aliphatic rings. The third kappa shape index (κ3) is 6.22. The summed E-state index contributed by atoms with van der Waals surface area (Å²) in [5.74, 6) is -0.389. The smallest absolute Gasteiger partial charge is 0.239 e. The van der Waals surface area contributed by atoms with Crippen molar-refractivity contribution in [3.8, 4) is 5.69 Å². The van der Waals surface area contributed by atoms with Gasteiger partial charge in [-0.05, 0) is 68.9 Å². The molecule has 3 rings (SSSR count). The number of nitrogens with zero attached hydrogens (tertiary/aromatic N) is 3. The largest absolute Gasteiger partial charge is 0.325 e. The normalized spacial score (nSPS) is 10.9. The van der Waals surface area contributed by atoms with Crippen LogP contribution in [0.4, 0.5) is 15.9 Å². The van der Waals surface area contributed by atoms with E-state index in [0.717, 1.165) is 15.7 Å². The monoisotopic (exact) mass is 487 g/mol. The number of benzene rings is 2. The van der Waals surface area contributed by atoms with E-state index in [0.29, 0.717) is 17.2 Å². The number of rotatable bonds is 7. The molecule has 1 aromatic heterocycles. The number of likely N-dealkylation sites (N-methyl/N-ethyl adjacent to an activating group) is 1. The standard InChI is InChI=1S/C22H23BrFN5O2/c1-14-10-16(23)4-9-19(14)25-21(30)12-28(3)13-22(31)26-20-11-15(2)27-29(20)18-7-5-17(24)6-8-18/h4-11H,12-13H2,1-3H3,(H,25,30)(H,26,31). The van der Waals surface area contributed by atoms with Gasteiger partial charge in [-0.1, -0.05) is 15.9 Å². The molecule has 0 bridgehead atoms. The van der Waals surface area contributed by atoms with Crippen LogP contribution in [0.25, 0.3) is 5.69 Å². The van der Waals surface area contributed by atoms with E-state index in [2.05, 4.69) is 31.7 Å².